The van der Waals surface area contributed by atoms with Crippen LogP contribution in [0.1, 0.15) is 78.6 Å². The number of carbonyl (C=O) groups excluding carboxylic acids is 3. The number of hydrogen-bond acceptors (Lipinski definition) is 4. The van der Waals surface area contributed by atoms with Crippen LogP contribution in [0.4, 0.5) is 0 Å². The van der Waals surface area contributed by atoms with E-state index in [0.717, 1.165) is 32.1 Å². The van der Waals surface area contributed by atoms with Gasteiger partial charge in [-0.15, -0.1) is 0 Å². The van der Waals surface area contributed by atoms with Gasteiger partial charge in [0, 0.05) is 32.1 Å². The Morgan fingerprint density at radius 2 is 1.78 bits per heavy atom. The highest BCUT2D eigenvalue weighted by molar-refractivity contribution is 5.86. The molecular formula is C23H34O4. The van der Waals surface area contributed by atoms with Crippen LogP contribution in [0, 0.1) is 40.4 Å². The lowest BCUT2D eigenvalue weighted by molar-refractivity contribution is -0.158. The number of carbonyl (C=O) groups is 3. The van der Waals surface area contributed by atoms with Crippen molar-refractivity contribution >= 4 is 17.5 Å². The summed E-state index contributed by atoms with van der Waals surface area (Å²) in [7, 11) is 0. The van der Waals surface area contributed by atoms with Crippen molar-refractivity contribution in [2.45, 2.75) is 78.6 Å². The van der Waals surface area contributed by atoms with Crippen molar-refractivity contribution < 1.29 is 19.1 Å². The second-order valence-corrected chi connectivity index (χ2v) is 10.3. The van der Waals surface area contributed by atoms with Gasteiger partial charge in [0.05, 0.1) is 6.61 Å². The first kappa shape index (κ1) is 19.1. The summed E-state index contributed by atoms with van der Waals surface area (Å²) in [4.78, 5) is 36.4. The molecule has 150 valence electrons. The maximum atomic E-state index is 13.2. The maximum absolute atomic E-state index is 13.2. The lowest BCUT2D eigenvalue weighted by Gasteiger charge is -2.59. The molecule has 4 saturated carbocycles. The topological polar surface area (TPSA) is 60.4 Å². The number of ether oxygens (including phenoxy) is 1. The number of hydrogen-bond donors (Lipinski definition) is 0. The van der Waals surface area contributed by atoms with E-state index in [1.807, 2.05) is 0 Å². The maximum Gasteiger partial charge on any atom is 0.302 e. The van der Waals surface area contributed by atoms with Crippen molar-refractivity contribution in [3.8, 4) is 0 Å². The van der Waals surface area contributed by atoms with Crippen LogP contribution >= 0.6 is 0 Å². The minimum atomic E-state index is -0.202. The monoisotopic (exact) mass is 374 g/mol. The fourth-order valence-electron chi connectivity index (χ4n) is 7.65. The Morgan fingerprint density at radius 3 is 2.52 bits per heavy atom. The quantitative estimate of drug-likeness (QED) is 0.689. The summed E-state index contributed by atoms with van der Waals surface area (Å²) in [6.45, 7) is 6.75. The van der Waals surface area contributed by atoms with Crippen LogP contribution in [-0.2, 0) is 19.1 Å². The van der Waals surface area contributed by atoms with Crippen molar-refractivity contribution in [1.29, 1.82) is 0 Å². The fourth-order valence-corrected chi connectivity index (χ4v) is 7.65. The van der Waals surface area contributed by atoms with E-state index >= 15 is 0 Å². The first-order valence-electron chi connectivity index (χ1n) is 10.9. The van der Waals surface area contributed by atoms with Gasteiger partial charge in [0.2, 0.25) is 0 Å². The standard InChI is InChI=1S/C23H34O4/c1-14(24)27-11-8-15-4-5-18-21-19(7-10-22(15,18)2)23(3)9-6-17(25)12-16(23)13-20(21)26/h15-16,18-19,21H,4-13H2,1-3H3. The lowest BCUT2D eigenvalue weighted by Crippen LogP contribution is -2.56. The molecule has 7 atom stereocenters. The zero-order valence-corrected chi connectivity index (χ0v) is 17.1. The van der Waals surface area contributed by atoms with Crippen LogP contribution in [0.2, 0.25) is 0 Å². The third-order valence-corrected chi connectivity index (χ3v) is 9.25. The molecule has 0 radical (unpaired) electrons. The Labute approximate surface area is 162 Å². The Hall–Kier alpha value is -1.19. The van der Waals surface area contributed by atoms with Crippen LogP contribution in [0.3, 0.4) is 0 Å². The van der Waals surface area contributed by atoms with Gasteiger partial charge in [-0.1, -0.05) is 13.8 Å². The summed E-state index contributed by atoms with van der Waals surface area (Å²) >= 11 is 0. The molecule has 0 aromatic rings. The first-order valence-corrected chi connectivity index (χ1v) is 10.9. The predicted molar refractivity (Wildman–Crippen MR) is 102 cm³/mol. The molecule has 4 nitrogen and oxygen atoms in total. The van der Waals surface area contributed by atoms with Gasteiger partial charge in [-0.2, -0.15) is 0 Å². The number of rotatable bonds is 3. The van der Waals surface area contributed by atoms with E-state index in [1.165, 1.54) is 13.3 Å². The van der Waals surface area contributed by atoms with Crippen molar-refractivity contribution in [1.82, 2.24) is 0 Å². The second-order valence-electron chi connectivity index (χ2n) is 10.3. The van der Waals surface area contributed by atoms with Crippen molar-refractivity contribution in [2.24, 2.45) is 40.4 Å². The highest BCUT2D eigenvalue weighted by Gasteiger charge is 2.62. The van der Waals surface area contributed by atoms with Gasteiger partial charge in [-0.05, 0) is 73.0 Å². The first-order chi connectivity index (χ1) is 12.8. The molecule has 0 aromatic heterocycles. The highest BCUT2D eigenvalue weighted by atomic mass is 16.5. The van der Waals surface area contributed by atoms with E-state index < -0.39 is 0 Å². The predicted octanol–water partition coefficient (Wildman–Crippen LogP) is 4.35. The third kappa shape index (κ3) is 2.98. The zero-order valence-electron chi connectivity index (χ0n) is 17.1. The SMILES string of the molecule is CC(=O)OCCC1CCC2C3C(=O)CC4CC(=O)CCC4(C)C3CCC12C. The summed E-state index contributed by atoms with van der Waals surface area (Å²) in [6.07, 6.45) is 8.42. The molecule has 0 heterocycles. The Bertz CT molecular complexity index is 655. The third-order valence-electron chi connectivity index (χ3n) is 9.25. The summed E-state index contributed by atoms with van der Waals surface area (Å²) < 4.78 is 5.22. The van der Waals surface area contributed by atoms with Crippen molar-refractivity contribution in [3.05, 3.63) is 0 Å². The largest absolute Gasteiger partial charge is 0.466 e. The number of fused-ring (bicyclic) bond motifs is 5. The number of esters is 1. The van der Waals surface area contributed by atoms with Gasteiger partial charge in [-0.3, -0.25) is 14.4 Å². The van der Waals surface area contributed by atoms with E-state index in [-0.39, 0.29) is 28.6 Å². The Morgan fingerprint density at radius 1 is 1.04 bits per heavy atom. The van der Waals surface area contributed by atoms with Gasteiger partial charge in [-0.25, -0.2) is 0 Å². The second kappa shape index (κ2) is 6.70. The van der Waals surface area contributed by atoms with Gasteiger partial charge in [0.15, 0.2) is 0 Å². The normalized spacial score (nSPS) is 46.4. The van der Waals surface area contributed by atoms with Crippen LogP contribution in [0.25, 0.3) is 0 Å². The van der Waals surface area contributed by atoms with E-state index in [0.29, 0.717) is 55.2 Å². The van der Waals surface area contributed by atoms with Crippen LogP contribution in [-0.4, -0.2) is 24.1 Å². The molecule has 7 unspecified atom stereocenters. The van der Waals surface area contributed by atoms with E-state index in [9.17, 15) is 14.4 Å². The number of Topliss-reactive ketones (excluding diaryl/α,β-unsaturated/α-hetero) is 2. The average Bonchev–Trinajstić information content (AvgIpc) is 2.93. The van der Waals surface area contributed by atoms with Gasteiger partial charge >= 0.3 is 5.97 Å². The van der Waals surface area contributed by atoms with Crippen LogP contribution in [0.15, 0.2) is 0 Å². The van der Waals surface area contributed by atoms with Gasteiger partial charge < -0.3 is 4.74 Å². The van der Waals surface area contributed by atoms with Gasteiger partial charge in [0.25, 0.3) is 0 Å². The summed E-state index contributed by atoms with van der Waals surface area (Å²) in [5.41, 5.74) is 0.369. The van der Waals surface area contributed by atoms with E-state index in [4.69, 9.17) is 4.74 Å². The Kier molecular flexibility index (Phi) is 4.75. The lowest BCUT2D eigenvalue weighted by atomic mass is 9.44. The molecule has 4 fully saturated rings. The number of ketones is 2. The molecule has 0 spiro atoms. The van der Waals surface area contributed by atoms with E-state index in [2.05, 4.69) is 13.8 Å². The molecule has 0 saturated heterocycles. The summed E-state index contributed by atoms with van der Waals surface area (Å²) in [5, 5.41) is 0. The molecule has 0 aliphatic heterocycles. The van der Waals surface area contributed by atoms with Crippen LogP contribution in [0.5, 0.6) is 0 Å². The summed E-state index contributed by atoms with van der Waals surface area (Å²) in [6, 6.07) is 0. The minimum Gasteiger partial charge on any atom is -0.466 e. The van der Waals surface area contributed by atoms with E-state index in [1.54, 1.807) is 0 Å². The smallest absolute Gasteiger partial charge is 0.302 e. The highest BCUT2D eigenvalue weighted by Crippen LogP contribution is 2.66. The Balaban J connectivity index is 1.54. The molecule has 0 amide bonds. The molecule has 4 aliphatic carbocycles. The zero-order chi connectivity index (χ0) is 19.4. The molecule has 4 aliphatic rings. The molecule has 0 N–H and O–H groups in total. The van der Waals surface area contributed by atoms with Crippen LogP contribution < -0.4 is 0 Å². The van der Waals surface area contributed by atoms with Crippen molar-refractivity contribution in [2.75, 3.05) is 6.61 Å². The molecule has 4 rings (SSSR count). The fraction of sp³-hybridized carbons (Fsp3) is 0.870. The van der Waals surface area contributed by atoms with Gasteiger partial charge in [0.1, 0.15) is 11.6 Å². The molecule has 27 heavy (non-hydrogen) atoms. The minimum absolute atomic E-state index is 0.170. The van der Waals surface area contributed by atoms with Crippen molar-refractivity contribution in [3.63, 3.8) is 0 Å². The molecular weight excluding hydrogens is 340 g/mol. The molecule has 4 heteroatoms. The molecule has 0 bridgehead atoms. The molecule has 0 aromatic carbocycles. The summed E-state index contributed by atoms with van der Waals surface area (Å²) in [5.74, 6) is 2.55. The average molecular weight is 375 g/mol.